The van der Waals surface area contributed by atoms with Crippen LogP contribution in [0.15, 0.2) is 67.3 Å². The number of amides is 3. The van der Waals surface area contributed by atoms with Gasteiger partial charge in [0.25, 0.3) is 0 Å². The largest absolute Gasteiger partial charge is 0.459 e. The third kappa shape index (κ3) is 5.93. The highest BCUT2D eigenvalue weighted by molar-refractivity contribution is 6.03. The molecule has 0 spiro atoms. The van der Waals surface area contributed by atoms with E-state index < -0.39 is 29.2 Å². The number of ether oxygens (including phenoxy) is 2. The molecule has 198 valence electrons. The maximum atomic E-state index is 13.4. The quantitative estimate of drug-likeness (QED) is 0.235. The molecule has 1 saturated heterocycles. The summed E-state index contributed by atoms with van der Waals surface area (Å²) in [4.78, 5) is 40.8. The Morgan fingerprint density at radius 3 is 2.30 bits per heavy atom. The predicted molar refractivity (Wildman–Crippen MR) is 142 cm³/mol. The number of nitrogens with zero attached hydrogens (tertiary/aromatic N) is 1. The first-order chi connectivity index (χ1) is 17.6. The Morgan fingerprint density at radius 2 is 1.73 bits per heavy atom. The normalized spacial score (nSPS) is 17.5. The van der Waals surface area contributed by atoms with Crippen molar-refractivity contribution >= 4 is 17.9 Å². The van der Waals surface area contributed by atoms with E-state index in [4.69, 9.17) is 9.47 Å². The lowest BCUT2D eigenvalue weighted by atomic mass is 9.71. The zero-order chi connectivity index (χ0) is 27.2. The van der Waals surface area contributed by atoms with Gasteiger partial charge >= 0.3 is 12.0 Å². The summed E-state index contributed by atoms with van der Waals surface area (Å²) in [5, 5.41) is 2.96. The Kier molecular flexibility index (Phi) is 8.92. The van der Waals surface area contributed by atoms with E-state index in [1.54, 1.807) is 19.9 Å². The lowest BCUT2D eigenvalue weighted by Crippen LogP contribution is -2.74. The molecule has 3 rings (SSSR count). The molecule has 2 atom stereocenters. The molecule has 2 unspecified atom stereocenters. The Balaban J connectivity index is 1.78. The summed E-state index contributed by atoms with van der Waals surface area (Å²) < 4.78 is 11.7. The number of hydrogen-bond acceptors (Lipinski definition) is 5. The van der Waals surface area contributed by atoms with Crippen molar-refractivity contribution < 1.29 is 23.9 Å². The molecule has 1 aliphatic rings. The van der Waals surface area contributed by atoms with E-state index >= 15 is 0 Å². The van der Waals surface area contributed by atoms with Crippen LogP contribution in [0.25, 0.3) is 0 Å². The minimum Gasteiger partial charge on any atom is -0.459 e. The first-order valence-corrected chi connectivity index (χ1v) is 12.8. The number of benzene rings is 2. The van der Waals surface area contributed by atoms with Crippen molar-refractivity contribution in [2.24, 2.45) is 5.41 Å². The third-order valence-corrected chi connectivity index (χ3v) is 7.12. The summed E-state index contributed by atoms with van der Waals surface area (Å²) in [6, 6.07) is 16.3. The van der Waals surface area contributed by atoms with Crippen LogP contribution in [0, 0.1) is 12.3 Å². The van der Waals surface area contributed by atoms with Crippen LogP contribution < -0.4 is 5.32 Å². The first-order valence-electron chi connectivity index (χ1n) is 12.8. The van der Waals surface area contributed by atoms with Gasteiger partial charge in [0.1, 0.15) is 6.61 Å². The van der Waals surface area contributed by atoms with E-state index in [1.165, 1.54) is 0 Å². The first kappa shape index (κ1) is 28.1. The summed E-state index contributed by atoms with van der Waals surface area (Å²) in [5.74, 6) is -0.879. The molecule has 0 bridgehead atoms. The number of aryl methyl sites for hydroxylation is 1. The fraction of sp³-hybridized carbons (Fsp3) is 0.433. The molecule has 0 aliphatic carbocycles. The Morgan fingerprint density at radius 1 is 1.11 bits per heavy atom. The molecule has 3 amide bonds. The molecule has 0 aromatic heterocycles. The molecule has 1 aliphatic heterocycles. The monoisotopic (exact) mass is 506 g/mol. The van der Waals surface area contributed by atoms with Crippen LogP contribution in [0.2, 0.25) is 0 Å². The number of imide groups is 1. The summed E-state index contributed by atoms with van der Waals surface area (Å²) in [6.07, 6.45) is 2.26. The van der Waals surface area contributed by atoms with E-state index in [9.17, 15) is 14.4 Å². The molecule has 0 saturated carbocycles. The van der Waals surface area contributed by atoms with Crippen molar-refractivity contribution in [1.29, 1.82) is 0 Å². The molecular weight excluding hydrogens is 468 g/mol. The van der Waals surface area contributed by atoms with Gasteiger partial charge in [-0.3, -0.25) is 4.79 Å². The molecule has 2 aromatic carbocycles. The zero-order valence-electron chi connectivity index (χ0n) is 22.5. The highest BCUT2D eigenvalue weighted by atomic mass is 16.6. The summed E-state index contributed by atoms with van der Waals surface area (Å²) >= 11 is 0. The van der Waals surface area contributed by atoms with Crippen LogP contribution in [0.4, 0.5) is 4.79 Å². The molecule has 37 heavy (non-hydrogen) atoms. The maximum Gasteiger partial charge on any atom is 0.338 e. The standard InChI is InChI=1S/C30H38N2O5/c1-7-13-24(23-18-16-21(4)17-19-23)31-28(35)32-25(33)30(8-2,9-3)26(32)37-29(5,6)27(34)36-20-22-14-11-10-12-15-22/h7,10-12,14-19,24,26H,1,8-9,13,20H2,2-6H3,(H,31,35). The van der Waals surface area contributed by atoms with Crippen molar-refractivity contribution in [3.05, 3.63) is 83.9 Å². The van der Waals surface area contributed by atoms with Gasteiger partial charge in [0, 0.05) is 0 Å². The fourth-order valence-electron chi connectivity index (χ4n) is 4.59. The summed E-state index contributed by atoms with van der Waals surface area (Å²) in [7, 11) is 0. The Bertz CT molecular complexity index is 1110. The van der Waals surface area contributed by atoms with E-state index in [-0.39, 0.29) is 18.6 Å². The number of carbonyl (C=O) groups excluding carboxylic acids is 3. The number of likely N-dealkylation sites (tertiary alicyclic amines) is 1. The minimum absolute atomic E-state index is 0.104. The van der Waals surface area contributed by atoms with Crippen LogP contribution in [-0.2, 0) is 25.7 Å². The van der Waals surface area contributed by atoms with E-state index in [0.717, 1.165) is 21.6 Å². The molecule has 1 N–H and O–H groups in total. The number of esters is 1. The zero-order valence-corrected chi connectivity index (χ0v) is 22.5. The van der Waals surface area contributed by atoms with Gasteiger partial charge in [-0.1, -0.05) is 80.1 Å². The smallest absolute Gasteiger partial charge is 0.338 e. The Hall–Kier alpha value is -3.45. The lowest BCUT2D eigenvalue weighted by molar-refractivity contribution is -0.242. The fourth-order valence-corrected chi connectivity index (χ4v) is 4.59. The molecule has 7 heteroatoms. The highest BCUT2D eigenvalue weighted by Gasteiger charge is 2.63. The van der Waals surface area contributed by atoms with Crippen molar-refractivity contribution in [2.75, 3.05) is 0 Å². The number of urea groups is 1. The van der Waals surface area contributed by atoms with Crippen molar-refractivity contribution in [2.45, 2.75) is 78.4 Å². The number of nitrogens with one attached hydrogen (secondary N) is 1. The summed E-state index contributed by atoms with van der Waals surface area (Å²) in [5.41, 5.74) is 0.590. The number of hydrogen-bond donors (Lipinski definition) is 1. The lowest BCUT2D eigenvalue weighted by Gasteiger charge is -2.55. The second kappa shape index (κ2) is 11.7. The third-order valence-electron chi connectivity index (χ3n) is 7.12. The summed E-state index contributed by atoms with van der Waals surface area (Å²) in [6.45, 7) is 12.9. The topological polar surface area (TPSA) is 84.9 Å². The van der Waals surface area contributed by atoms with Gasteiger partial charge in [-0.25, -0.2) is 14.5 Å². The number of rotatable bonds is 11. The van der Waals surface area contributed by atoms with Gasteiger partial charge in [-0.2, -0.15) is 0 Å². The Labute approximate surface area is 219 Å². The second-order valence-corrected chi connectivity index (χ2v) is 10.0. The predicted octanol–water partition coefficient (Wildman–Crippen LogP) is 5.84. The van der Waals surface area contributed by atoms with Gasteiger partial charge in [0.15, 0.2) is 11.8 Å². The molecule has 0 radical (unpaired) electrons. The van der Waals surface area contributed by atoms with Crippen LogP contribution in [0.1, 0.15) is 69.7 Å². The van der Waals surface area contributed by atoms with Crippen molar-refractivity contribution in [1.82, 2.24) is 10.2 Å². The number of β-lactam (4-membered cyclic amide) rings is 1. The average Bonchev–Trinajstić information content (AvgIpc) is 2.88. The minimum atomic E-state index is -1.38. The van der Waals surface area contributed by atoms with Gasteiger partial charge in [0.2, 0.25) is 5.91 Å². The van der Waals surface area contributed by atoms with E-state index in [1.807, 2.05) is 75.4 Å². The average molecular weight is 507 g/mol. The van der Waals surface area contributed by atoms with Crippen LogP contribution in [0.5, 0.6) is 0 Å². The highest BCUT2D eigenvalue weighted by Crippen LogP contribution is 2.47. The SMILES string of the molecule is C=CCC(NC(=O)N1C(=O)C(CC)(CC)C1OC(C)(C)C(=O)OCc1ccccc1)c1ccc(C)cc1. The van der Waals surface area contributed by atoms with Gasteiger partial charge < -0.3 is 14.8 Å². The number of carbonyl (C=O) groups is 3. The van der Waals surface area contributed by atoms with Crippen molar-refractivity contribution in [3.63, 3.8) is 0 Å². The molecule has 2 aromatic rings. The second-order valence-electron chi connectivity index (χ2n) is 10.0. The van der Waals surface area contributed by atoms with Gasteiger partial charge in [0.05, 0.1) is 11.5 Å². The molecule has 1 fully saturated rings. The van der Waals surface area contributed by atoms with Crippen LogP contribution >= 0.6 is 0 Å². The van der Waals surface area contributed by atoms with Crippen molar-refractivity contribution in [3.8, 4) is 0 Å². The van der Waals surface area contributed by atoms with Crippen LogP contribution in [0.3, 0.4) is 0 Å². The molecular formula is C30H38N2O5. The van der Waals surface area contributed by atoms with Gasteiger partial charge in [-0.15, -0.1) is 6.58 Å². The van der Waals surface area contributed by atoms with E-state index in [0.29, 0.717) is 19.3 Å². The van der Waals surface area contributed by atoms with Crippen LogP contribution in [-0.4, -0.2) is 34.6 Å². The van der Waals surface area contributed by atoms with E-state index in [2.05, 4.69) is 11.9 Å². The molecule has 1 heterocycles. The van der Waals surface area contributed by atoms with Gasteiger partial charge in [-0.05, 0) is 51.2 Å². The maximum absolute atomic E-state index is 13.4. The molecule has 7 nitrogen and oxygen atoms in total.